The van der Waals surface area contributed by atoms with Gasteiger partial charge in [-0.2, -0.15) is 0 Å². The quantitative estimate of drug-likeness (QED) is 0.613. The van der Waals surface area contributed by atoms with Crippen molar-refractivity contribution < 1.29 is 4.79 Å². The number of aromatic nitrogens is 1. The highest BCUT2D eigenvalue weighted by molar-refractivity contribution is 5.84. The summed E-state index contributed by atoms with van der Waals surface area (Å²) < 4.78 is 0. The van der Waals surface area contributed by atoms with E-state index in [1.165, 1.54) is 28.5 Å². The van der Waals surface area contributed by atoms with E-state index in [1.807, 2.05) is 6.07 Å². The number of piperidine rings is 1. The number of likely N-dealkylation sites (tertiary alicyclic amines) is 1. The number of rotatable bonds is 5. The molecule has 0 bridgehead atoms. The first-order valence-corrected chi connectivity index (χ1v) is 10.8. The molecule has 3 heteroatoms. The van der Waals surface area contributed by atoms with Gasteiger partial charge in [-0.05, 0) is 60.8 Å². The number of benzene rings is 2. The molecule has 1 fully saturated rings. The van der Waals surface area contributed by atoms with E-state index in [-0.39, 0.29) is 11.3 Å². The monoisotopic (exact) mass is 388 g/mol. The van der Waals surface area contributed by atoms with Gasteiger partial charge >= 0.3 is 0 Å². The van der Waals surface area contributed by atoms with Crippen LogP contribution in [0.3, 0.4) is 0 Å². The molecule has 2 heterocycles. The Morgan fingerprint density at radius 3 is 2.72 bits per heavy atom. The minimum atomic E-state index is -0.00461. The molecular weight excluding hydrogens is 356 g/mol. The predicted molar refractivity (Wildman–Crippen MR) is 120 cm³/mol. The van der Waals surface area contributed by atoms with Gasteiger partial charge in [0.05, 0.1) is 0 Å². The minimum Gasteiger partial charge on any atom is -0.361 e. The molecule has 2 atom stereocenters. The van der Waals surface area contributed by atoms with Crippen molar-refractivity contribution in [2.75, 3.05) is 13.1 Å². The van der Waals surface area contributed by atoms with Gasteiger partial charge in [0, 0.05) is 36.1 Å². The lowest BCUT2D eigenvalue weighted by molar-refractivity contribution is -0.138. The molecule has 3 aromatic rings. The average molecular weight is 389 g/mol. The molecular formula is C26H32N2O. The standard InChI is InChI=1S/C26H32N2O/c1-19-9-4-5-10-21(19)16-26(3)13-8-14-28(18-26)25(29)20(2)15-22-17-27-24-12-7-6-11-23(22)24/h4-7,9-12,17,20,27H,8,13-16,18H2,1-3H3/t20-,26?/m1/s1. The summed E-state index contributed by atoms with van der Waals surface area (Å²) >= 11 is 0. The van der Waals surface area contributed by atoms with Crippen molar-refractivity contribution in [2.24, 2.45) is 11.3 Å². The number of aryl methyl sites for hydroxylation is 1. The minimum absolute atomic E-state index is 0.00461. The molecule has 0 radical (unpaired) electrons. The summed E-state index contributed by atoms with van der Waals surface area (Å²) in [6.07, 6.45) is 6.16. The van der Waals surface area contributed by atoms with Gasteiger partial charge in [0.25, 0.3) is 0 Å². The molecule has 1 aliphatic heterocycles. The van der Waals surface area contributed by atoms with Crippen LogP contribution >= 0.6 is 0 Å². The summed E-state index contributed by atoms with van der Waals surface area (Å²) in [5.41, 5.74) is 5.30. The zero-order valence-electron chi connectivity index (χ0n) is 17.9. The Bertz CT molecular complexity index is 1000. The van der Waals surface area contributed by atoms with E-state index in [2.05, 4.69) is 79.3 Å². The van der Waals surface area contributed by atoms with Crippen molar-refractivity contribution in [3.63, 3.8) is 0 Å². The third-order valence-corrected chi connectivity index (χ3v) is 6.59. The van der Waals surface area contributed by atoms with E-state index in [9.17, 15) is 4.79 Å². The van der Waals surface area contributed by atoms with E-state index in [0.29, 0.717) is 5.91 Å². The third-order valence-electron chi connectivity index (χ3n) is 6.59. The van der Waals surface area contributed by atoms with Crippen LogP contribution in [0.2, 0.25) is 0 Å². The normalized spacial score (nSPS) is 20.7. The number of H-pyrrole nitrogens is 1. The van der Waals surface area contributed by atoms with Crippen LogP contribution in [0.25, 0.3) is 10.9 Å². The third kappa shape index (κ3) is 4.24. The Labute approximate surface area is 174 Å². The second-order valence-electron chi connectivity index (χ2n) is 9.24. The highest BCUT2D eigenvalue weighted by atomic mass is 16.2. The maximum Gasteiger partial charge on any atom is 0.225 e. The predicted octanol–water partition coefficient (Wildman–Crippen LogP) is 5.53. The fourth-order valence-corrected chi connectivity index (χ4v) is 4.95. The van der Waals surface area contributed by atoms with Crippen LogP contribution in [0.15, 0.2) is 54.7 Å². The number of nitrogens with zero attached hydrogens (tertiary/aromatic N) is 1. The van der Waals surface area contributed by atoms with Crippen LogP contribution in [0.4, 0.5) is 0 Å². The Morgan fingerprint density at radius 2 is 1.90 bits per heavy atom. The van der Waals surface area contributed by atoms with Gasteiger partial charge in [-0.3, -0.25) is 4.79 Å². The molecule has 1 aliphatic rings. The number of hydrogen-bond acceptors (Lipinski definition) is 1. The van der Waals surface area contributed by atoms with E-state index in [0.717, 1.165) is 37.9 Å². The zero-order valence-corrected chi connectivity index (χ0v) is 17.9. The van der Waals surface area contributed by atoms with Gasteiger partial charge in [0.15, 0.2) is 0 Å². The van der Waals surface area contributed by atoms with Crippen molar-refractivity contribution in [1.82, 2.24) is 9.88 Å². The molecule has 1 aromatic heterocycles. The van der Waals surface area contributed by atoms with Gasteiger partial charge in [0.1, 0.15) is 0 Å². The second-order valence-corrected chi connectivity index (χ2v) is 9.24. The Hall–Kier alpha value is -2.55. The SMILES string of the molecule is Cc1ccccc1CC1(C)CCCN(C(=O)[C@H](C)Cc2c[nH]c3ccccc23)C1. The van der Waals surface area contributed by atoms with Gasteiger partial charge < -0.3 is 9.88 Å². The average Bonchev–Trinajstić information content (AvgIpc) is 3.12. The van der Waals surface area contributed by atoms with Crippen LogP contribution < -0.4 is 0 Å². The molecule has 1 amide bonds. The number of carbonyl (C=O) groups is 1. The van der Waals surface area contributed by atoms with Gasteiger partial charge in [-0.25, -0.2) is 0 Å². The second kappa shape index (κ2) is 8.06. The maximum atomic E-state index is 13.3. The van der Waals surface area contributed by atoms with Crippen molar-refractivity contribution >= 4 is 16.8 Å². The number of aromatic amines is 1. The molecule has 1 N–H and O–H groups in total. The molecule has 29 heavy (non-hydrogen) atoms. The lowest BCUT2D eigenvalue weighted by atomic mass is 9.76. The first-order chi connectivity index (χ1) is 14.0. The molecule has 1 unspecified atom stereocenters. The smallest absolute Gasteiger partial charge is 0.225 e. The number of fused-ring (bicyclic) bond motifs is 1. The molecule has 0 aliphatic carbocycles. The van der Waals surface area contributed by atoms with Crippen molar-refractivity contribution in [1.29, 1.82) is 0 Å². The van der Waals surface area contributed by atoms with Gasteiger partial charge in [-0.15, -0.1) is 0 Å². The fourth-order valence-electron chi connectivity index (χ4n) is 4.95. The van der Waals surface area contributed by atoms with E-state index < -0.39 is 0 Å². The van der Waals surface area contributed by atoms with E-state index >= 15 is 0 Å². The highest BCUT2D eigenvalue weighted by Crippen LogP contribution is 2.35. The molecule has 4 rings (SSSR count). The van der Waals surface area contributed by atoms with E-state index in [1.54, 1.807) is 0 Å². The van der Waals surface area contributed by atoms with Crippen LogP contribution in [-0.2, 0) is 17.6 Å². The number of amides is 1. The number of para-hydroxylation sites is 1. The molecule has 1 saturated heterocycles. The molecule has 3 nitrogen and oxygen atoms in total. The number of hydrogen-bond donors (Lipinski definition) is 1. The van der Waals surface area contributed by atoms with Crippen LogP contribution in [0, 0.1) is 18.3 Å². The molecule has 0 saturated carbocycles. The Balaban J connectivity index is 1.44. The molecule has 2 aromatic carbocycles. The van der Waals surface area contributed by atoms with E-state index in [4.69, 9.17) is 0 Å². The summed E-state index contributed by atoms with van der Waals surface area (Å²) in [7, 11) is 0. The largest absolute Gasteiger partial charge is 0.361 e. The van der Waals surface area contributed by atoms with Crippen molar-refractivity contribution in [2.45, 2.75) is 46.5 Å². The maximum absolute atomic E-state index is 13.3. The first kappa shape index (κ1) is 19.8. The number of nitrogens with one attached hydrogen (secondary N) is 1. The van der Waals surface area contributed by atoms with Crippen molar-refractivity contribution in [3.05, 3.63) is 71.4 Å². The fraction of sp³-hybridized carbons (Fsp3) is 0.423. The van der Waals surface area contributed by atoms with Crippen LogP contribution in [0.5, 0.6) is 0 Å². The Kier molecular flexibility index (Phi) is 5.49. The highest BCUT2D eigenvalue weighted by Gasteiger charge is 2.35. The molecule has 0 spiro atoms. The Morgan fingerprint density at radius 1 is 1.14 bits per heavy atom. The molecule has 152 valence electrons. The topological polar surface area (TPSA) is 36.1 Å². The first-order valence-electron chi connectivity index (χ1n) is 10.8. The summed E-state index contributed by atoms with van der Waals surface area (Å²) in [6, 6.07) is 17.0. The van der Waals surface area contributed by atoms with Crippen molar-refractivity contribution in [3.8, 4) is 0 Å². The lowest BCUT2D eigenvalue weighted by Gasteiger charge is -2.42. The lowest BCUT2D eigenvalue weighted by Crippen LogP contribution is -2.47. The van der Waals surface area contributed by atoms with Gasteiger partial charge in [-0.1, -0.05) is 56.3 Å². The summed E-state index contributed by atoms with van der Waals surface area (Å²) in [6.45, 7) is 8.37. The summed E-state index contributed by atoms with van der Waals surface area (Å²) in [4.78, 5) is 18.7. The summed E-state index contributed by atoms with van der Waals surface area (Å²) in [5.74, 6) is 0.293. The number of carbonyl (C=O) groups excluding carboxylic acids is 1. The van der Waals surface area contributed by atoms with Crippen LogP contribution in [0.1, 0.15) is 43.4 Å². The van der Waals surface area contributed by atoms with Crippen LogP contribution in [-0.4, -0.2) is 28.9 Å². The summed E-state index contributed by atoms with van der Waals surface area (Å²) in [5, 5.41) is 1.23. The zero-order chi connectivity index (χ0) is 20.4. The van der Waals surface area contributed by atoms with Gasteiger partial charge in [0.2, 0.25) is 5.91 Å².